The zero-order chi connectivity index (χ0) is 10.6. The van der Waals surface area contributed by atoms with Crippen LogP contribution in [0.25, 0.3) is 0 Å². The van der Waals surface area contributed by atoms with Gasteiger partial charge < -0.3 is 15.8 Å². The van der Waals surface area contributed by atoms with Crippen LogP contribution in [0.15, 0.2) is 29.4 Å². The molecule has 0 aliphatic rings. The summed E-state index contributed by atoms with van der Waals surface area (Å²) < 4.78 is 0. The molecule has 0 aromatic heterocycles. The van der Waals surface area contributed by atoms with Crippen molar-refractivity contribution in [3.8, 4) is 0 Å². The van der Waals surface area contributed by atoms with E-state index in [9.17, 15) is 0 Å². The van der Waals surface area contributed by atoms with Crippen LogP contribution in [0.2, 0.25) is 0 Å². The lowest BCUT2D eigenvalue weighted by Gasteiger charge is -2.16. The van der Waals surface area contributed by atoms with Gasteiger partial charge in [0.05, 0.1) is 0 Å². The molecule has 0 heterocycles. The van der Waals surface area contributed by atoms with Gasteiger partial charge in [-0.25, -0.2) is 0 Å². The first-order valence-electron chi connectivity index (χ1n) is 4.37. The van der Waals surface area contributed by atoms with E-state index in [-0.39, 0.29) is 5.96 Å². The summed E-state index contributed by atoms with van der Waals surface area (Å²) in [7, 11) is 1.77. The highest BCUT2D eigenvalue weighted by Gasteiger charge is 2.02. The molecule has 1 aromatic rings. The SMILES string of the molecule is Cc1ccc(CN(C)C(N)=NO)cc1. The summed E-state index contributed by atoms with van der Waals surface area (Å²) in [5.74, 6) is 0.116. The van der Waals surface area contributed by atoms with E-state index in [1.807, 2.05) is 31.2 Å². The van der Waals surface area contributed by atoms with Crippen molar-refractivity contribution in [3.05, 3.63) is 35.4 Å². The van der Waals surface area contributed by atoms with Crippen molar-refractivity contribution in [1.29, 1.82) is 0 Å². The Morgan fingerprint density at radius 1 is 1.43 bits per heavy atom. The molecule has 0 saturated carbocycles. The van der Waals surface area contributed by atoms with Gasteiger partial charge in [-0.3, -0.25) is 0 Å². The highest BCUT2D eigenvalue weighted by Crippen LogP contribution is 2.05. The minimum atomic E-state index is 0.116. The number of oxime groups is 1. The fourth-order valence-electron chi connectivity index (χ4n) is 1.12. The van der Waals surface area contributed by atoms with Crippen molar-refractivity contribution in [3.63, 3.8) is 0 Å². The lowest BCUT2D eigenvalue weighted by Crippen LogP contribution is -2.33. The topological polar surface area (TPSA) is 61.8 Å². The molecule has 76 valence electrons. The number of benzene rings is 1. The second kappa shape index (κ2) is 4.50. The summed E-state index contributed by atoms with van der Waals surface area (Å²) in [6, 6.07) is 8.12. The largest absolute Gasteiger partial charge is 0.408 e. The average molecular weight is 193 g/mol. The van der Waals surface area contributed by atoms with Crippen molar-refractivity contribution in [1.82, 2.24) is 4.90 Å². The van der Waals surface area contributed by atoms with Crippen LogP contribution in [0.1, 0.15) is 11.1 Å². The van der Waals surface area contributed by atoms with Gasteiger partial charge in [0.15, 0.2) is 0 Å². The van der Waals surface area contributed by atoms with Gasteiger partial charge in [-0.05, 0) is 12.5 Å². The Morgan fingerprint density at radius 3 is 2.50 bits per heavy atom. The van der Waals surface area contributed by atoms with Gasteiger partial charge >= 0.3 is 0 Å². The van der Waals surface area contributed by atoms with Gasteiger partial charge in [0.2, 0.25) is 5.96 Å². The first-order valence-corrected chi connectivity index (χ1v) is 4.37. The van der Waals surface area contributed by atoms with Gasteiger partial charge in [0.25, 0.3) is 0 Å². The van der Waals surface area contributed by atoms with Crippen LogP contribution >= 0.6 is 0 Å². The number of nitrogens with two attached hydrogens (primary N) is 1. The van der Waals surface area contributed by atoms with E-state index >= 15 is 0 Å². The molecule has 0 atom stereocenters. The van der Waals surface area contributed by atoms with Crippen LogP contribution in [0.5, 0.6) is 0 Å². The fraction of sp³-hybridized carbons (Fsp3) is 0.300. The second-order valence-corrected chi connectivity index (χ2v) is 3.30. The Bertz CT molecular complexity index is 319. The van der Waals surface area contributed by atoms with E-state index < -0.39 is 0 Å². The number of guanidine groups is 1. The predicted octanol–water partition coefficient (Wildman–Crippen LogP) is 1.13. The van der Waals surface area contributed by atoms with E-state index in [4.69, 9.17) is 10.9 Å². The Kier molecular flexibility index (Phi) is 3.34. The lowest BCUT2D eigenvalue weighted by atomic mass is 10.1. The van der Waals surface area contributed by atoms with E-state index in [0.29, 0.717) is 6.54 Å². The van der Waals surface area contributed by atoms with E-state index in [1.165, 1.54) is 5.56 Å². The molecule has 0 spiro atoms. The van der Waals surface area contributed by atoms with Crippen LogP contribution in [-0.2, 0) is 6.54 Å². The number of aryl methyl sites for hydroxylation is 1. The smallest absolute Gasteiger partial charge is 0.233 e. The summed E-state index contributed by atoms with van der Waals surface area (Å²) in [6.45, 7) is 2.67. The van der Waals surface area contributed by atoms with Crippen molar-refractivity contribution < 1.29 is 5.21 Å². The Balaban J connectivity index is 2.65. The molecule has 0 fully saturated rings. The quantitative estimate of drug-likeness (QED) is 0.320. The maximum Gasteiger partial charge on any atom is 0.233 e. The standard InChI is InChI=1S/C10H15N3O/c1-8-3-5-9(6-4-8)7-13(2)10(11)12-14/h3-6,14H,7H2,1-2H3,(H2,11,12). The van der Waals surface area contributed by atoms with Crippen LogP contribution in [0, 0.1) is 6.92 Å². The fourth-order valence-corrected chi connectivity index (χ4v) is 1.12. The van der Waals surface area contributed by atoms with Gasteiger partial charge in [-0.1, -0.05) is 35.0 Å². The average Bonchev–Trinajstić information content (AvgIpc) is 2.20. The zero-order valence-corrected chi connectivity index (χ0v) is 8.44. The Morgan fingerprint density at radius 2 is 2.00 bits per heavy atom. The molecule has 4 nitrogen and oxygen atoms in total. The minimum absolute atomic E-state index is 0.116. The number of nitrogens with zero attached hydrogens (tertiary/aromatic N) is 2. The molecule has 0 bridgehead atoms. The van der Waals surface area contributed by atoms with E-state index in [1.54, 1.807) is 11.9 Å². The van der Waals surface area contributed by atoms with Gasteiger partial charge in [0.1, 0.15) is 0 Å². The highest BCUT2D eigenvalue weighted by molar-refractivity contribution is 5.76. The third-order valence-corrected chi connectivity index (χ3v) is 2.03. The third kappa shape index (κ3) is 2.65. The van der Waals surface area contributed by atoms with Crippen molar-refractivity contribution in [2.75, 3.05) is 7.05 Å². The van der Waals surface area contributed by atoms with Gasteiger partial charge in [-0.2, -0.15) is 0 Å². The first-order chi connectivity index (χ1) is 6.63. The molecule has 0 amide bonds. The zero-order valence-electron chi connectivity index (χ0n) is 8.44. The predicted molar refractivity (Wildman–Crippen MR) is 56.1 cm³/mol. The maximum absolute atomic E-state index is 8.45. The highest BCUT2D eigenvalue weighted by atomic mass is 16.4. The van der Waals surface area contributed by atoms with Crippen molar-refractivity contribution in [2.45, 2.75) is 13.5 Å². The molecule has 3 N–H and O–H groups in total. The van der Waals surface area contributed by atoms with Crippen LogP contribution < -0.4 is 5.73 Å². The summed E-state index contributed by atoms with van der Waals surface area (Å²) >= 11 is 0. The first kappa shape index (κ1) is 10.4. The molecule has 0 saturated heterocycles. The summed E-state index contributed by atoms with van der Waals surface area (Å²) in [5.41, 5.74) is 7.77. The molecular weight excluding hydrogens is 178 g/mol. The van der Waals surface area contributed by atoms with Gasteiger partial charge in [-0.15, -0.1) is 0 Å². The summed E-state index contributed by atoms with van der Waals surface area (Å²) in [4.78, 5) is 1.67. The number of rotatable bonds is 2. The Labute approximate surface area is 83.6 Å². The van der Waals surface area contributed by atoms with Crippen LogP contribution in [0.4, 0.5) is 0 Å². The summed E-state index contributed by atoms with van der Waals surface area (Å²) in [6.07, 6.45) is 0. The monoisotopic (exact) mass is 193 g/mol. The van der Waals surface area contributed by atoms with Crippen LogP contribution in [0.3, 0.4) is 0 Å². The van der Waals surface area contributed by atoms with Crippen LogP contribution in [-0.4, -0.2) is 23.1 Å². The third-order valence-electron chi connectivity index (χ3n) is 2.03. The molecule has 0 radical (unpaired) electrons. The lowest BCUT2D eigenvalue weighted by molar-refractivity contribution is 0.304. The van der Waals surface area contributed by atoms with Crippen molar-refractivity contribution >= 4 is 5.96 Å². The molecule has 1 rings (SSSR count). The minimum Gasteiger partial charge on any atom is -0.408 e. The molecular formula is C10H15N3O. The van der Waals surface area contributed by atoms with Crippen molar-refractivity contribution in [2.24, 2.45) is 10.9 Å². The maximum atomic E-state index is 8.45. The molecule has 0 aliphatic carbocycles. The molecule has 14 heavy (non-hydrogen) atoms. The molecule has 0 aliphatic heterocycles. The number of hydrogen-bond acceptors (Lipinski definition) is 2. The van der Waals surface area contributed by atoms with Gasteiger partial charge in [0, 0.05) is 13.6 Å². The molecule has 0 unspecified atom stereocenters. The second-order valence-electron chi connectivity index (χ2n) is 3.30. The normalized spacial score (nSPS) is 11.4. The number of hydrogen-bond donors (Lipinski definition) is 2. The molecule has 1 aromatic carbocycles. The van der Waals surface area contributed by atoms with E-state index in [2.05, 4.69) is 5.16 Å². The van der Waals surface area contributed by atoms with E-state index in [0.717, 1.165) is 5.56 Å². The Hall–Kier alpha value is -1.71. The molecule has 4 heteroatoms. The summed E-state index contributed by atoms with van der Waals surface area (Å²) in [5, 5.41) is 11.4.